The van der Waals surface area contributed by atoms with Crippen molar-refractivity contribution in [2.45, 2.75) is 25.7 Å². The Labute approximate surface area is 136 Å². The monoisotopic (exact) mass is 316 g/mol. The Hall–Kier alpha value is -2.04. The molecule has 1 aliphatic carbocycles. The number of aliphatic carboxylic acids is 1. The van der Waals surface area contributed by atoms with Gasteiger partial charge in [-0.15, -0.1) is 0 Å². The molecule has 2 atom stereocenters. The normalized spacial score (nSPS) is 25.2. The number of carboxylic acids is 1. The zero-order chi connectivity index (χ0) is 16.2. The maximum Gasteiger partial charge on any atom is 0.307 e. The first-order chi connectivity index (χ1) is 11.2. The van der Waals surface area contributed by atoms with Gasteiger partial charge in [0.15, 0.2) is 0 Å². The first-order valence-electron chi connectivity index (χ1n) is 8.48. The van der Waals surface area contributed by atoms with Crippen molar-refractivity contribution < 1.29 is 14.7 Å². The van der Waals surface area contributed by atoms with Crippen LogP contribution in [0.5, 0.6) is 0 Å². The molecule has 23 heavy (non-hydrogen) atoms. The van der Waals surface area contributed by atoms with E-state index in [1.54, 1.807) is 0 Å². The number of piperazine rings is 1. The Morgan fingerprint density at radius 3 is 2.13 bits per heavy atom. The van der Waals surface area contributed by atoms with Crippen molar-refractivity contribution in [1.29, 1.82) is 0 Å². The molecule has 0 bridgehead atoms. The minimum absolute atomic E-state index is 0.0461. The van der Waals surface area contributed by atoms with Crippen molar-refractivity contribution in [1.82, 2.24) is 4.90 Å². The topological polar surface area (TPSA) is 60.9 Å². The SMILES string of the molecule is O=C(O)[C@H]1CCCC[C@@H]1C(=O)N1CCN(c2ccccc2)CC1. The molecule has 1 saturated heterocycles. The van der Waals surface area contributed by atoms with Gasteiger partial charge in [0, 0.05) is 31.9 Å². The van der Waals surface area contributed by atoms with Crippen molar-refractivity contribution in [3.05, 3.63) is 30.3 Å². The summed E-state index contributed by atoms with van der Waals surface area (Å²) in [4.78, 5) is 28.3. The molecule has 1 amide bonds. The predicted octanol–water partition coefficient (Wildman–Crippen LogP) is 2.23. The first-order valence-corrected chi connectivity index (χ1v) is 8.48. The standard InChI is InChI=1S/C18H24N2O3/c21-17(15-8-4-5-9-16(15)18(22)23)20-12-10-19(11-13-20)14-6-2-1-3-7-14/h1-3,6-7,15-16H,4-5,8-13H2,(H,22,23)/t15-,16-/m0/s1. The van der Waals surface area contributed by atoms with Crippen LogP contribution in [0.1, 0.15) is 25.7 Å². The highest BCUT2D eigenvalue weighted by atomic mass is 16.4. The molecule has 0 spiro atoms. The van der Waals surface area contributed by atoms with E-state index < -0.39 is 11.9 Å². The Kier molecular flexibility index (Phi) is 4.84. The lowest BCUT2D eigenvalue weighted by Crippen LogP contribution is -2.52. The number of para-hydroxylation sites is 1. The maximum absolute atomic E-state index is 12.8. The molecule has 1 heterocycles. The molecule has 124 valence electrons. The van der Waals surface area contributed by atoms with Crippen LogP contribution in [0.15, 0.2) is 30.3 Å². The zero-order valence-corrected chi connectivity index (χ0v) is 13.4. The van der Waals surface area contributed by atoms with Gasteiger partial charge in [0.05, 0.1) is 11.8 Å². The van der Waals surface area contributed by atoms with Gasteiger partial charge in [0.25, 0.3) is 0 Å². The van der Waals surface area contributed by atoms with E-state index in [0.717, 1.165) is 25.9 Å². The van der Waals surface area contributed by atoms with Crippen LogP contribution in [0.3, 0.4) is 0 Å². The lowest BCUT2D eigenvalue weighted by molar-refractivity contribution is -0.152. The molecular formula is C18H24N2O3. The minimum atomic E-state index is -0.814. The first kappa shape index (κ1) is 15.8. The second-order valence-electron chi connectivity index (χ2n) is 6.48. The van der Waals surface area contributed by atoms with Crippen molar-refractivity contribution in [2.75, 3.05) is 31.1 Å². The van der Waals surface area contributed by atoms with Crippen LogP contribution < -0.4 is 4.90 Å². The average molecular weight is 316 g/mol. The molecule has 1 aromatic carbocycles. The number of nitrogens with zero attached hydrogens (tertiary/aromatic N) is 2. The van der Waals surface area contributed by atoms with Crippen molar-refractivity contribution >= 4 is 17.6 Å². The van der Waals surface area contributed by atoms with Gasteiger partial charge in [-0.1, -0.05) is 31.0 Å². The van der Waals surface area contributed by atoms with Gasteiger partial charge in [0.1, 0.15) is 0 Å². The molecule has 1 N–H and O–H groups in total. The molecule has 5 heteroatoms. The number of rotatable bonds is 3. The molecule has 3 rings (SSSR count). The van der Waals surface area contributed by atoms with Gasteiger partial charge >= 0.3 is 5.97 Å². The van der Waals surface area contributed by atoms with Gasteiger partial charge < -0.3 is 14.9 Å². The average Bonchev–Trinajstić information content (AvgIpc) is 2.62. The number of benzene rings is 1. The lowest BCUT2D eigenvalue weighted by atomic mass is 9.78. The summed E-state index contributed by atoms with van der Waals surface area (Å²) in [7, 11) is 0. The summed E-state index contributed by atoms with van der Waals surface area (Å²) in [6.07, 6.45) is 3.23. The van der Waals surface area contributed by atoms with E-state index in [1.807, 2.05) is 23.1 Å². The number of anilines is 1. The van der Waals surface area contributed by atoms with Gasteiger partial charge in [-0.25, -0.2) is 0 Å². The molecule has 1 saturated carbocycles. The molecule has 2 aliphatic rings. The summed E-state index contributed by atoms with van der Waals surface area (Å²) in [5, 5.41) is 9.37. The van der Waals surface area contributed by atoms with E-state index in [4.69, 9.17) is 0 Å². The van der Waals surface area contributed by atoms with E-state index in [0.29, 0.717) is 25.9 Å². The summed E-state index contributed by atoms with van der Waals surface area (Å²) in [5.74, 6) is -1.59. The van der Waals surface area contributed by atoms with Gasteiger partial charge in [0.2, 0.25) is 5.91 Å². The van der Waals surface area contributed by atoms with Crippen LogP contribution in [0.2, 0.25) is 0 Å². The van der Waals surface area contributed by atoms with Crippen molar-refractivity contribution in [2.24, 2.45) is 11.8 Å². The Bertz CT molecular complexity index is 553. The Morgan fingerprint density at radius 1 is 0.913 bits per heavy atom. The molecule has 5 nitrogen and oxygen atoms in total. The van der Waals surface area contributed by atoms with Gasteiger partial charge in [-0.2, -0.15) is 0 Å². The van der Waals surface area contributed by atoms with Crippen LogP contribution in [-0.2, 0) is 9.59 Å². The molecule has 1 aromatic rings. The third-order valence-electron chi connectivity index (χ3n) is 5.11. The number of hydrogen-bond acceptors (Lipinski definition) is 3. The number of carbonyl (C=O) groups excluding carboxylic acids is 1. The van der Waals surface area contributed by atoms with Gasteiger partial charge in [-0.3, -0.25) is 9.59 Å². The molecular weight excluding hydrogens is 292 g/mol. The molecule has 0 radical (unpaired) electrons. The maximum atomic E-state index is 12.8. The largest absolute Gasteiger partial charge is 0.481 e. The third-order valence-corrected chi connectivity index (χ3v) is 5.11. The molecule has 0 aromatic heterocycles. The van der Waals surface area contributed by atoms with E-state index in [9.17, 15) is 14.7 Å². The smallest absolute Gasteiger partial charge is 0.307 e. The molecule has 2 fully saturated rings. The Balaban J connectivity index is 1.60. The minimum Gasteiger partial charge on any atom is -0.481 e. The van der Waals surface area contributed by atoms with Crippen LogP contribution in [0.25, 0.3) is 0 Å². The van der Waals surface area contributed by atoms with Crippen LogP contribution in [0, 0.1) is 11.8 Å². The van der Waals surface area contributed by atoms with Gasteiger partial charge in [-0.05, 0) is 25.0 Å². The number of carbonyl (C=O) groups is 2. The fraction of sp³-hybridized carbons (Fsp3) is 0.556. The summed E-state index contributed by atoms with van der Waals surface area (Å²) >= 11 is 0. The fourth-order valence-corrected chi connectivity index (χ4v) is 3.78. The second kappa shape index (κ2) is 7.02. The lowest BCUT2D eigenvalue weighted by Gasteiger charge is -2.39. The number of carboxylic acid groups (broad SMARTS) is 1. The summed E-state index contributed by atoms with van der Waals surface area (Å²) in [6, 6.07) is 10.2. The highest BCUT2D eigenvalue weighted by Gasteiger charge is 2.38. The van der Waals surface area contributed by atoms with E-state index in [2.05, 4.69) is 17.0 Å². The van der Waals surface area contributed by atoms with Crippen LogP contribution >= 0.6 is 0 Å². The summed E-state index contributed by atoms with van der Waals surface area (Å²) < 4.78 is 0. The van der Waals surface area contributed by atoms with E-state index >= 15 is 0 Å². The molecule has 0 unspecified atom stereocenters. The predicted molar refractivity (Wildman–Crippen MR) is 88.3 cm³/mol. The quantitative estimate of drug-likeness (QED) is 0.929. The van der Waals surface area contributed by atoms with Crippen molar-refractivity contribution in [3.8, 4) is 0 Å². The number of amides is 1. The fourth-order valence-electron chi connectivity index (χ4n) is 3.78. The van der Waals surface area contributed by atoms with E-state index in [1.165, 1.54) is 5.69 Å². The van der Waals surface area contributed by atoms with Crippen LogP contribution in [0.4, 0.5) is 5.69 Å². The Morgan fingerprint density at radius 2 is 1.52 bits per heavy atom. The number of hydrogen-bond donors (Lipinski definition) is 1. The highest BCUT2D eigenvalue weighted by molar-refractivity contribution is 5.85. The highest BCUT2D eigenvalue weighted by Crippen LogP contribution is 2.32. The second-order valence-corrected chi connectivity index (χ2v) is 6.48. The molecule has 1 aliphatic heterocycles. The zero-order valence-electron chi connectivity index (χ0n) is 13.4. The van der Waals surface area contributed by atoms with E-state index in [-0.39, 0.29) is 11.8 Å². The third kappa shape index (κ3) is 3.49. The summed E-state index contributed by atoms with van der Waals surface area (Å²) in [5.41, 5.74) is 1.18. The summed E-state index contributed by atoms with van der Waals surface area (Å²) in [6.45, 7) is 2.97. The van der Waals surface area contributed by atoms with Crippen molar-refractivity contribution in [3.63, 3.8) is 0 Å². The van der Waals surface area contributed by atoms with Crippen LogP contribution in [-0.4, -0.2) is 48.1 Å².